The van der Waals surface area contributed by atoms with Gasteiger partial charge in [0, 0.05) is 18.0 Å². The van der Waals surface area contributed by atoms with E-state index in [4.69, 9.17) is 5.73 Å². The zero-order valence-corrected chi connectivity index (χ0v) is 8.92. The van der Waals surface area contributed by atoms with Gasteiger partial charge in [-0.05, 0) is 24.5 Å². The number of benzene rings is 1. The summed E-state index contributed by atoms with van der Waals surface area (Å²) in [4.78, 5) is 4.31. The van der Waals surface area contributed by atoms with E-state index in [1.54, 1.807) is 0 Å². The van der Waals surface area contributed by atoms with E-state index in [-0.39, 0.29) is 0 Å². The van der Waals surface area contributed by atoms with Crippen molar-refractivity contribution in [3.63, 3.8) is 0 Å². The Balaban J connectivity index is 2.37. The SMILES string of the molecule is CSCCn1cnc2cc(N)ccc21. The predicted octanol–water partition coefficient (Wildman–Crippen LogP) is 1.98. The Labute approximate surface area is 87.3 Å². The summed E-state index contributed by atoms with van der Waals surface area (Å²) in [6.07, 6.45) is 3.98. The highest BCUT2D eigenvalue weighted by Crippen LogP contribution is 2.16. The summed E-state index contributed by atoms with van der Waals surface area (Å²) in [5.74, 6) is 1.11. The van der Waals surface area contributed by atoms with Crippen LogP contribution >= 0.6 is 11.8 Å². The first-order chi connectivity index (χ1) is 6.81. The lowest BCUT2D eigenvalue weighted by Crippen LogP contribution is -1.97. The molecule has 4 heteroatoms. The van der Waals surface area contributed by atoms with Crippen molar-refractivity contribution < 1.29 is 0 Å². The number of aryl methyl sites for hydroxylation is 1. The number of aromatic nitrogens is 2. The van der Waals surface area contributed by atoms with Crippen molar-refractivity contribution in [2.45, 2.75) is 6.54 Å². The zero-order valence-electron chi connectivity index (χ0n) is 8.10. The van der Waals surface area contributed by atoms with Crippen LogP contribution in [0.25, 0.3) is 11.0 Å². The third kappa shape index (κ3) is 1.70. The topological polar surface area (TPSA) is 43.8 Å². The van der Waals surface area contributed by atoms with Crippen molar-refractivity contribution in [3.05, 3.63) is 24.5 Å². The summed E-state index contributed by atoms with van der Waals surface area (Å²) in [6.45, 7) is 1.00. The average Bonchev–Trinajstić information content (AvgIpc) is 2.57. The Morgan fingerprint density at radius 3 is 3.14 bits per heavy atom. The molecule has 0 atom stereocenters. The molecule has 0 spiro atoms. The quantitative estimate of drug-likeness (QED) is 0.783. The number of nitrogen functional groups attached to an aromatic ring is 1. The summed E-state index contributed by atoms with van der Waals surface area (Å²) in [5.41, 5.74) is 8.59. The van der Waals surface area contributed by atoms with Crippen molar-refractivity contribution in [2.75, 3.05) is 17.7 Å². The van der Waals surface area contributed by atoms with E-state index in [2.05, 4.69) is 15.8 Å². The Hall–Kier alpha value is -1.16. The molecule has 0 aliphatic rings. The minimum atomic E-state index is 0.771. The molecule has 2 N–H and O–H groups in total. The van der Waals surface area contributed by atoms with E-state index in [0.29, 0.717) is 0 Å². The molecule has 1 aromatic carbocycles. The molecule has 0 amide bonds. The van der Waals surface area contributed by atoms with Crippen molar-refractivity contribution in [1.29, 1.82) is 0 Å². The van der Waals surface area contributed by atoms with Gasteiger partial charge < -0.3 is 10.3 Å². The van der Waals surface area contributed by atoms with Crippen LogP contribution in [0.5, 0.6) is 0 Å². The van der Waals surface area contributed by atoms with Crippen LogP contribution in [0.2, 0.25) is 0 Å². The Kier molecular flexibility index (Phi) is 2.63. The first-order valence-electron chi connectivity index (χ1n) is 4.50. The van der Waals surface area contributed by atoms with E-state index in [0.717, 1.165) is 29.0 Å². The lowest BCUT2D eigenvalue weighted by molar-refractivity contribution is 0.797. The minimum absolute atomic E-state index is 0.771. The zero-order chi connectivity index (χ0) is 9.97. The molecule has 1 heterocycles. The van der Waals surface area contributed by atoms with Crippen LogP contribution in [0, 0.1) is 0 Å². The van der Waals surface area contributed by atoms with Crippen LogP contribution in [0.3, 0.4) is 0 Å². The fourth-order valence-corrected chi connectivity index (χ4v) is 1.83. The second-order valence-corrected chi connectivity index (χ2v) is 4.16. The maximum Gasteiger partial charge on any atom is 0.0958 e. The van der Waals surface area contributed by atoms with Gasteiger partial charge >= 0.3 is 0 Å². The minimum Gasteiger partial charge on any atom is -0.399 e. The molecule has 14 heavy (non-hydrogen) atoms. The summed E-state index contributed by atoms with van der Waals surface area (Å²) in [5, 5.41) is 0. The molecule has 2 aromatic rings. The van der Waals surface area contributed by atoms with Gasteiger partial charge in [0.2, 0.25) is 0 Å². The monoisotopic (exact) mass is 207 g/mol. The molecule has 0 radical (unpaired) electrons. The van der Waals surface area contributed by atoms with Gasteiger partial charge in [0.25, 0.3) is 0 Å². The molecule has 0 saturated carbocycles. The maximum absolute atomic E-state index is 5.68. The van der Waals surface area contributed by atoms with E-state index >= 15 is 0 Å². The third-order valence-corrected chi connectivity index (χ3v) is 2.77. The van der Waals surface area contributed by atoms with Gasteiger partial charge in [-0.2, -0.15) is 11.8 Å². The van der Waals surface area contributed by atoms with Crippen molar-refractivity contribution in [3.8, 4) is 0 Å². The van der Waals surface area contributed by atoms with E-state index in [9.17, 15) is 0 Å². The Morgan fingerprint density at radius 1 is 1.50 bits per heavy atom. The highest BCUT2D eigenvalue weighted by molar-refractivity contribution is 7.98. The summed E-state index contributed by atoms with van der Waals surface area (Å²) >= 11 is 1.84. The third-order valence-electron chi connectivity index (χ3n) is 2.18. The molecular formula is C10H13N3S. The van der Waals surface area contributed by atoms with Crippen molar-refractivity contribution in [1.82, 2.24) is 9.55 Å². The summed E-state index contributed by atoms with van der Waals surface area (Å²) in [6, 6.07) is 5.85. The van der Waals surface area contributed by atoms with E-state index < -0.39 is 0 Å². The van der Waals surface area contributed by atoms with Crippen molar-refractivity contribution in [2.24, 2.45) is 0 Å². The van der Waals surface area contributed by atoms with Gasteiger partial charge in [0.05, 0.1) is 17.4 Å². The van der Waals surface area contributed by atoms with Gasteiger partial charge in [-0.1, -0.05) is 0 Å². The summed E-state index contributed by atoms with van der Waals surface area (Å²) < 4.78 is 2.16. The number of hydrogen-bond acceptors (Lipinski definition) is 3. The number of rotatable bonds is 3. The van der Waals surface area contributed by atoms with Crippen LogP contribution in [0.15, 0.2) is 24.5 Å². The number of fused-ring (bicyclic) bond motifs is 1. The van der Waals surface area contributed by atoms with Gasteiger partial charge in [-0.25, -0.2) is 4.98 Å². The smallest absolute Gasteiger partial charge is 0.0958 e. The van der Waals surface area contributed by atoms with Gasteiger partial charge in [-0.3, -0.25) is 0 Å². The lowest BCUT2D eigenvalue weighted by atomic mass is 10.3. The highest BCUT2D eigenvalue weighted by atomic mass is 32.2. The molecular weight excluding hydrogens is 194 g/mol. The fraction of sp³-hybridized carbons (Fsp3) is 0.300. The van der Waals surface area contributed by atoms with Crippen LogP contribution in [-0.2, 0) is 6.54 Å². The average molecular weight is 207 g/mol. The highest BCUT2D eigenvalue weighted by Gasteiger charge is 2.01. The van der Waals surface area contributed by atoms with Gasteiger partial charge in [0.1, 0.15) is 0 Å². The maximum atomic E-state index is 5.68. The number of hydrogen-bond donors (Lipinski definition) is 1. The standard InChI is InChI=1S/C10H13N3S/c1-14-5-4-13-7-12-9-6-8(11)2-3-10(9)13/h2-3,6-7H,4-5,11H2,1H3. The molecule has 3 nitrogen and oxygen atoms in total. The molecule has 74 valence electrons. The number of imidazole rings is 1. The largest absolute Gasteiger partial charge is 0.399 e. The molecule has 0 bridgehead atoms. The molecule has 0 aliphatic heterocycles. The second kappa shape index (κ2) is 3.92. The molecule has 2 rings (SSSR count). The fourth-order valence-electron chi connectivity index (χ4n) is 1.45. The van der Waals surface area contributed by atoms with Crippen molar-refractivity contribution >= 4 is 28.5 Å². The molecule has 0 saturated heterocycles. The molecule has 1 aromatic heterocycles. The summed E-state index contributed by atoms with van der Waals surface area (Å²) in [7, 11) is 0. The van der Waals surface area contributed by atoms with Crippen LogP contribution in [0.4, 0.5) is 5.69 Å². The first kappa shape index (κ1) is 9.40. The molecule has 0 aliphatic carbocycles. The number of anilines is 1. The predicted molar refractivity (Wildman–Crippen MR) is 62.5 cm³/mol. The normalized spacial score (nSPS) is 10.9. The number of nitrogens with two attached hydrogens (primary N) is 1. The second-order valence-electron chi connectivity index (χ2n) is 3.18. The molecule has 0 unspecified atom stereocenters. The van der Waals surface area contributed by atoms with Crippen LogP contribution in [-0.4, -0.2) is 21.6 Å². The molecule has 0 fully saturated rings. The van der Waals surface area contributed by atoms with E-state index in [1.165, 1.54) is 0 Å². The van der Waals surface area contributed by atoms with Crippen LogP contribution in [0.1, 0.15) is 0 Å². The number of nitrogens with zero attached hydrogens (tertiary/aromatic N) is 2. The Morgan fingerprint density at radius 2 is 2.36 bits per heavy atom. The Bertz CT molecular complexity index is 436. The lowest BCUT2D eigenvalue weighted by Gasteiger charge is -2.01. The van der Waals surface area contributed by atoms with E-state index in [1.807, 2.05) is 36.3 Å². The van der Waals surface area contributed by atoms with Crippen LogP contribution < -0.4 is 5.73 Å². The number of thioether (sulfide) groups is 1. The van der Waals surface area contributed by atoms with Gasteiger partial charge in [-0.15, -0.1) is 0 Å². The van der Waals surface area contributed by atoms with Gasteiger partial charge in [0.15, 0.2) is 0 Å². The first-order valence-corrected chi connectivity index (χ1v) is 5.90.